The molecule has 0 N–H and O–H groups in total. The average Bonchev–Trinajstić information content (AvgIpc) is 0.918. The van der Waals surface area contributed by atoms with Crippen molar-refractivity contribution >= 4 is 15.9 Å². The maximum absolute atomic E-state index is 3.48. The minimum absolute atomic E-state index is 0. The topological polar surface area (TPSA) is 0 Å². The van der Waals surface area contributed by atoms with E-state index in [9.17, 15) is 0 Å². The van der Waals surface area contributed by atoms with Crippen LogP contribution in [-0.4, -0.2) is 0 Å². The molecule has 0 saturated heterocycles. The second-order valence-electron chi connectivity index (χ2n) is 0.102. The molecule has 0 aliphatic heterocycles. The van der Waals surface area contributed by atoms with Crippen molar-refractivity contribution < 1.29 is 32.6 Å². The van der Waals surface area contributed by atoms with Gasteiger partial charge in [0.2, 0.25) is 0 Å². The number of rotatable bonds is 0. The summed E-state index contributed by atoms with van der Waals surface area (Å²) in [4.78, 5) is 0. The first-order valence-corrected chi connectivity index (χ1v) is 4.78. The van der Waals surface area contributed by atoms with Gasteiger partial charge in [-0.1, -0.05) is 0 Å². The van der Waals surface area contributed by atoms with Gasteiger partial charge in [-0.3, -0.25) is 0 Å². The van der Waals surface area contributed by atoms with Crippen LogP contribution in [0.4, 0.5) is 0 Å². The Morgan fingerprint density at radius 2 is 1.75 bits per heavy atom. The van der Waals surface area contributed by atoms with Crippen molar-refractivity contribution in [1.82, 2.24) is 0 Å². The van der Waals surface area contributed by atoms with Gasteiger partial charge in [0.05, 0.1) is 0 Å². The summed E-state index contributed by atoms with van der Waals surface area (Å²) in [5.74, 6) is 0. The summed E-state index contributed by atoms with van der Waals surface area (Å²) < 4.78 is 0. The summed E-state index contributed by atoms with van der Waals surface area (Å²) in [6, 6.07) is 0. The van der Waals surface area contributed by atoms with Crippen LogP contribution < -0.4 is 0 Å². The van der Waals surface area contributed by atoms with Crippen LogP contribution in [0.3, 0.4) is 0 Å². The molecule has 0 amide bonds. The summed E-state index contributed by atoms with van der Waals surface area (Å²) in [5.41, 5.74) is 0. The molecule has 0 rings (SSSR count). The zero-order valence-electron chi connectivity index (χ0n) is 1.78. The molecule has 0 heterocycles. The van der Waals surface area contributed by atoms with Gasteiger partial charge in [0, 0.05) is 17.1 Å². The Balaban J connectivity index is 0. The largest absolute Gasteiger partial charge is 0 e. The van der Waals surface area contributed by atoms with Crippen molar-refractivity contribution in [2.24, 2.45) is 0 Å². The number of hydrogen-bond donors (Lipinski definition) is 0. The zero-order chi connectivity index (χ0) is 2.71. The quantitative estimate of drug-likeness (QED) is 0.380. The van der Waals surface area contributed by atoms with Gasteiger partial charge in [-0.05, 0) is 0 Å². The third-order valence-corrected chi connectivity index (χ3v) is 0. The molecule has 0 saturated carbocycles. The molecule has 2 unspecified atom stereocenters. The number of hydrogen-bond acceptors (Lipinski definition) is 0. The molecular formula is H3Fe2P2. The van der Waals surface area contributed by atoms with E-state index < -0.39 is 0 Å². The second kappa shape index (κ2) is 8.86. The van der Waals surface area contributed by atoms with Gasteiger partial charge in [0.25, 0.3) is 0 Å². The normalized spacial score (nSPS) is 7.50. The smallest absolute Gasteiger partial charge is 0 e. The molecule has 4 heteroatoms. The third-order valence-electron chi connectivity index (χ3n) is 0. The van der Waals surface area contributed by atoms with Gasteiger partial charge in [-0.15, -0.1) is 0 Å². The minimum Gasteiger partial charge on any atom is 0 e. The Morgan fingerprint density at radius 1 is 1.75 bits per heavy atom. The van der Waals surface area contributed by atoms with Crippen molar-refractivity contribution in [3.63, 3.8) is 0 Å². The molecular weight excluding hydrogens is 174 g/mol. The minimum atomic E-state index is 0. The molecule has 4 heavy (non-hydrogen) atoms. The van der Waals surface area contributed by atoms with Crippen molar-refractivity contribution in [3.8, 4) is 0 Å². The van der Waals surface area contributed by atoms with Gasteiger partial charge in [0.1, 0.15) is 0 Å². The van der Waals surface area contributed by atoms with Crippen molar-refractivity contribution in [2.75, 3.05) is 0 Å². The van der Waals surface area contributed by atoms with E-state index in [0.717, 1.165) is 6.96 Å². The molecule has 2 atom stereocenters. The Morgan fingerprint density at radius 3 is 1.75 bits per heavy atom. The standard InChI is InChI=1S/2Fe.H3P2/c;;1-2/h;;1H,2H2/q;+1;-1. The predicted molar refractivity (Wildman–Crippen MR) is 18.0 cm³/mol. The van der Waals surface area contributed by atoms with Crippen LogP contribution in [0, 0.1) is 0 Å². The van der Waals surface area contributed by atoms with Crippen molar-refractivity contribution in [1.29, 1.82) is 0 Å². The molecule has 0 aliphatic rings. The van der Waals surface area contributed by atoms with Crippen LogP contribution in [-0.2, 0) is 32.6 Å². The van der Waals surface area contributed by atoms with E-state index in [2.05, 4.69) is 24.5 Å². The van der Waals surface area contributed by atoms with Crippen LogP contribution in [0.1, 0.15) is 0 Å². The molecule has 0 radical (unpaired) electrons. The summed E-state index contributed by atoms with van der Waals surface area (Å²) in [6.07, 6.45) is 0. The molecule has 0 aromatic rings. The molecule has 0 bridgehead atoms. The maximum Gasteiger partial charge on any atom is 0 e. The van der Waals surface area contributed by atoms with E-state index in [1.165, 1.54) is 0 Å². The summed E-state index contributed by atoms with van der Waals surface area (Å²) in [7, 11) is 2.50. The Bertz CT molecular complexity index is 4.00. The Hall–Kier alpha value is 1.90. The molecule has 0 aromatic heterocycles. The van der Waals surface area contributed by atoms with E-state index in [-0.39, 0.29) is 17.1 Å². The first-order valence-electron chi connectivity index (χ1n) is 0.465. The van der Waals surface area contributed by atoms with E-state index in [1.807, 2.05) is 0 Å². The fourth-order valence-electron chi connectivity index (χ4n) is 0. The van der Waals surface area contributed by atoms with Crippen LogP contribution in [0.15, 0.2) is 0 Å². The maximum atomic E-state index is 3.48. The van der Waals surface area contributed by atoms with Crippen LogP contribution in [0.5, 0.6) is 0 Å². The monoisotopic (exact) mass is 177 g/mol. The first kappa shape index (κ1) is 9.31. The van der Waals surface area contributed by atoms with Gasteiger partial charge < -0.3 is 0 Å². The third kappa shape index (κ3) is 9.09. The molecule has 0 fully saturated rings. The molecule has 0 aromatic carbocycles. The fraction of sp³-hybridized carbons (Fsp3) is 0. The fourth-order valence-corrected chi connectivity index (χ4v) is 0. The Kier molecular flexibility index (Phi) is 20.6. The van der Waals surface area contributed by atoms with E-state index >= 15 is 0 Å². The van der Waals surface area contributed by atoms with Crippen LogP contribution in [0.2, 0.25) is 0 Å². The average molecular weight is 177 g/mol. The molecule has 0 aliphatic carbocycles. The Labute approximate surface area is 48.7 Å². The van der Waals surface area contributed by atoms with Crippen molar-refractivity contribution in [2.45, 2.75) is 0 Å². The van der Waals surface area contributed by atoms with Crippen LogP contribution >= 0.6 is 15.9 Å². The van der Waals surface area contributed by atoms with E-state index in [0.29, 0.717) is 0 Å². The van der Waals surface area contributed by atoms with Gasteiger partial charge >= 0.3 is 31.5 Å². The van der Waals surface area contributed by atoms with Gasteiger partial charge in [-0.2, -0.15) is 0 Å². The SMILES string of the molecule is P[PH][Fe].[Fe]. The summed E-state index contributed by atoms with van der Waals surface area (Å²) >= 11 is 3.48. The van der Waals surface area contributed by atoms with Gasteiger partial charge in [0.15, 0.2) is 0 Å². The summed E-state index contributed by atoms with van der Waals surface area (Å²) in [5, 5.41) is 0. The zero-order valence-corrected chi connectivity index (χ0v) is 6.15. The predicted octanol–water partition coefficient (Wildman–Crippen LogP) is 0.914. The first-order chi connectivity index (χ1) is 1.41. The molecule has 29 valence electrons. The molecule has 0 spiro atoms. The second-order valence-corrected chi connectivity index (χ2v) is 3.79. The van der Waals surface area contributed by atoms with E-state index in [4.69, 9.17) is 0 Å². The van der Waals surface area contributed by atoms with E-state index in [1.54, 1.807) is 0 Å². The molecule has 0 nitrogen and oxygen atoms in total. The van der Waals surface area contributed by atoms with Crippen LogP contribution in [0.25, 0.3) is 0 Å². The summed E-state index contributed by atoms with van der Waals surface area (Å²) in [6.45, 7) is 0.750. The van der Waals surface area contributed by atoms with Gasteiger partial charge in [-0.25, -0.2) is 0 Å². The van der Waals surface area contributed by atoms with Crippen molar-refractivity contribution in [3.05, 3.63) is 0 Å².